The van der Waals surface area contributed by atoms with E-state index in [1.165, 1.54) is 7.05 Å². The summed E-state index contributed by atoms with van der Waals surface area (Å²) in [6, 6.07) is 5.77. The maximum Gasteiger partial charge on any atom is 0.221 e. The molecule has 1 aromatic heterocycles. The fraction of sp³-hybridized carbons (Fsp3) is 0.312. The van der Waals surface area contributed by atoms with Crippen molar-refractivity contribution in [3.8, 4) is 0 Å². The predicted molar refractivity (Wildman–Crippen MR) is 91.6 cm³/mol. The van der Waals surface area contributed by atoms with Crippen LogP contribution in [0.5, 0.6) is 0 Å². The third-order valence-corrected chi connectivity index (χ3v) is 5.05. The van der Waals surface area contributed by atoms with E-state index in [0.29, 0.717) is 13.0 Å². The third-order valence-electron chi connectivity index (χ3n) is 3.69. The number of allylic oxidation sites excluding steroid dienone is 1. The SMILES string of the molecule is C=CCn1cc(CC(N)=O)c2cc(CCS(=O)(=O)NC)ccc21. The highest BCUT2D eigenvalue weighted by Crippen LogP contribution is 2.24. The normalized spacial score (nSPS) is 11.7. The lowest BCUT2D eigenvalue weighted by Gasteiger charge is -2.05. The van der Waals surface area contributed by atoms with Crippen LogP contribution in [0.25, 0.3) is 10.9 Å². The second-order valence-corrected chi connectivity index (χ2v) is 7.41. The summed E-state index contributed by atoms with van der Waals surface area (Å²) >= 11 is 0. The number of primary amides is 1. The van der Waals surface area contributed by atoms with Crippen LogP contribution in [0, 0.1) is 0 Å². The van der Waals surface area contributed by atoms with Crippen LogP contribution in [0.3, 0.4) is 0 Å². The Morgan fingerprint density at radius 2 is 2.17 bits per heavy atom. The van der Waals surface area contributed by atoms with Crippen LogP contribution in [-0.2, 0) is 34.2 Å². The molecule has 0 fully saturated rings. The first-order chi connectivity index (χ1) is 10.9. The van der Waals surface area contributed by atoms with Crippen LogP contribution in [-0.4, -0.2) is 31.7 Å². The first kappa shape index (κ1) is 17.2. The van der Waals surface area contributed by atoms with E-state index in [1.807, 2.05) is 29.0 Å². The lowest BCUT2D eigenvalue weighted by molar-refractivity contribution is -0.117. The van der Waals surface area contributed by atoms with Gasteiger partial charge in [0, 0.05) is 23.6 Å². The van der Waals surface area contributed by atoms with Crippen LogP contribution < -0.4 is 10.5 Å². The Morgan fingerprint density at radius 1 is 1.43 bits per heavy atom. The maximum atomic E-state index is 11.6. The zero-order valence-corrected chi connectivity index (χ0v) is 13.9. The Hall–Kier alpha value is -2.12. The molecule has 0 radical (unpaired) electrons. The van der Waals surface area contributed by atoms with E-state index in [1.54, 1.807) is 6.08 Å². The number of hydrogen-bond acceptors (Lipinski definition) is 3. The van der Waals surface area contributed by atoms with Crippen LogP contribution >= 0.6 is 0 Å². The molecule has 23 heavy (non-hydrogen) atoms. The fourth-order valence-corrected chi connectivity index (χ4v) is 3.26. The van der Waals surface area contributed by atoms with Crippen LogP contribution in [0.2, 0.25) is 0 Å². The molecule has 0 aliphatic rings. The Morgan fingerprint density at radius 3 is 2.78 bits per heavy atom. The number of hydrogen-bond donors (Lipinski definition) is 2. The molecule has 2 aromatic rings. The van der Waals surface area contributed by atoms with Gasteiger partial charge < -0.3 is 10.3 Å². The molecule has 0 unspecified atom stereocenters. The number of sulfonamides is 1. The topological polar surface area (TPSA) is 94.2 Å². The molecule has 0 spiro atoms. The van der Waals surface area contributed by atoms with Gasteiger partial charge in [-0.15, -0.1) is 6.58 Å². The molecule has 7 heteroatoms. The number of aryl methyl sites for hydroxylation is 1. The number of nitrogens with one attached hydrogen (secondary N) is 1. The van der Waals surface area contributed by atoms with E-state index in [0.717, 1.165) is 22.0 Å². The molecule has 1 aromatic carbocycles. The van der Waals surface area contributed by atoms with E-state index in [4.69, 9.17) is 5.73 Å². The highest BCUT2D eigenvalue weighted by molar-refractivity contribution is 7.89. The number of benzene rings is 1. The number of rotatable bonds is 8. The second-order valence-electron chi connectivity index (χ2n) is 5.36. The lowest BCUT2D eigenvalue weighted by atomic mass is 10.1. The van der Waals surface area contributed by atoms with Gasteiger partial charge >= 0.3 is 0 Å². The minimum absolute atomic E-state index is 0.0214. The highest BCUT2D eigenvalue weighted by atomic mass is 32.2. The molecule has 1 heterocycles. The molecule has 3 N–H and O–H groups in total. The first-order valence-corrected chi connectivity index (χ1v) is 8.92. The Bertz CT molecular complexity index is 838. The minimum Gasteiger partial charge on any atom is -0.369 e. The summed E-state index contributed by atoms with van der Waals surface area (Å²) in [6.07, 6.45) is 4.23. The van der Waals surface area contributed by atoms with Crippen molar-refractivity contribution in [3.05, 3.63) is 48.2 Å². The molecule has 0 aliphatic carbocycles. The summed E-state index contributed by atoms with van der Waals surface area (Å²) in [4.78, 5) is 11.3. The van der Waals surface area contributed by atoms with Crippen molar-refractivity contribution in [1.82, 2.24) is 9.29 Å². The fourth-order valence-electron chi connectivity index (χ4n) is 2.55. The molecular weight excluding hydrogens is 314 g/mol. The number of fused-ring (bicyclic) bond motifs is 1. The summed E-state index contributed by atoms with van der Waals surface area (Å²) in [7, 11) is -1.84. The molecule has 0 bridgehead atoms. The van der Waals surface area contributed by atoms with Crippen LogP contribution in [0.15, 0.2) is 37.1 Å². The zero-order valence-electron chi connectivity index (χ0n) is 13.1. The number of aromatic nitrogens is 1. The van der Waals surface area contributed by atoms with E-state index in [2.05, 4.69) is 11.3 Å². The number of carbonyl (C=O) groups excluding carboxylic acids is 1. The quantitative estimate of drug-likeness (QED) is 0.703. The van der Waals surface area contributed by atoms with Gasteiger partial charge in [0.25, 0.3) is 0 Å². The average Bonchev–Trinajstić information content (AvgIpc) is 2.82. The van der Waals surface area contributed by atoms with Gasteiger partial charge in [-0.2, -0.15) is 0 Å². The monoisotopic (exact) mass is 335 g/mol. The average molecular weight is 335 g/mol. The molecule has 1 amide bonds. The smallest absolute Gasteiger partial charge is 0.221 e. The number of carbonyl (C=O) groups is 1. The predicted octanol–water partition coefficient (Wildman–Crippen LogP) is 0.947. The van der Waals surface area contributed by atoms with Gasteiger partial charge in [-0.3, -0.25) is 4.79 Å². The standard InChI is InChI=1S/C16H21N3O3S/c1-3-7-19-11-13(10-16(17)20)14-9-12(4-5-15(14)19)6-8-23(21,22)18-2/h3-5,9,11,18H,1,6-8,10H2,2H3,(H2,17,20). The van der Waals surface area contributed by atoms with Gasteiger partial charge in [0.15, 0.2) is 0 Å². The van der Waals surface area contributed by atoms with Crippen molar-refractivity contribution >= 4 is 26.8 Å². The van der Waals surface area contributed by atoms with E-state index >= 15 is 0 Å². The molecule has 0 atom stereocenters. The van der Waals surface area contributed by atoms with Crippen molar-refractivity contribution in [1.29, 1.82) is 0 Å². The number of nitrogens with zero attached hydrogens (tertiary/aromatic N) is 1. The zero-order chi connectivity index (χ0) is 17.0. The van der Waals surface area contributed by atoms with E-state index in [9.17, 15) is 13.2 Å². The second kappa shape index (κ2) is 6.97. The molecule has 124 valence electrons. The maximum absolute atomic E-state index is 11.6. The van der Waals surface area contributed by atoms with Crippen molar-refractivity contribution in [2.45, 2.75) is 19.4 Å². The Labute approximate surface area is 136 Å². The summed E-state index contributed by atoms with van der Waals surface area (Å²) in [5.74, 6) is -0.376. The molecule has 0 aliphatic heterocycles. The van der Waals surface area contributed by atoms with Gasteiger partial charge in [-0.05, 0) is 36.7 Å². The van der Waals surface area contributed by atoms with Crippen molar-refractivity contribution < 1.29 is 13.2 Å². The summed E-state index contributed by atoms with van der Waals surface area (Å²) < 4.78 is 27.4. The van der Waals surface area contributed by atoms with Crippen LogP contribution in [0.4, 0.5) is 0 Å². The molecule has 2 rings (SSSR count). The number of nitrogens with two attached hydrogens (primary N) is 1. The van der Waals surface area contributed by atoms with E-state index < -0.39 is 15.9 Å². The summed E-state index contributed by atoms with van der Waals surface area (Å²) in [5, 5.41) is 0.921. The third kappa shape index (κ3) is 4.20. The van der Waals surface area contributed by atoms with Gasteiger partial charge in [-0.1, -0.05) is 12.1 Å². The van der Waals surface area contributed by atoms with E-state index in [-0.39, 0.29) is 12.2 Å². The van der Waals surface area contributed by atoms with Crippen molar-refractivity contribution in [2.75, 3.05) is 12.8 Å². The van der Waals surface area contributed by atoms with Crippen LogP contribution in [0.1, 0.15) is 11.1 Å². The largest absolute Gasteiger partial charge is 0.369 e. The molecular formula is C16H21N3O3S. The molecule has 0 saturated carbocycles. The summed E-state index contributed by atoms with van der Waals surface area (Å²) in [6.45, 7) is 4.36. The highest BCUT2D eigenvalue weighted by Gasteiger charge is 2.12. The Kier molecular flexibility index (Phi) is 5.23. The number of amides is 1. The molecule has 0 saturated heterocycles. The van der Waals surface area contributed by atoms with Gasteiger partial charge in [0.2, 0.25) is 15.9 Å². The lowest BCUT2D eigenvalue weighted by Crippen LogP contribution is -2.23. The first-order valence-electron chi connectivity index (χ1n) is 7.27. The summed E-state index contributed by atoms with van der Waals surface area (Å²) in [5.41, 5.74) is 8.03. The van der Waals surface area contributed by atoms with Gasteiger partial charge in [0.1, 0.15) is 0 Å². The van der Waals surface area contributed by atoms with Gasteiger partial charge in [-0.25, -0.2) is 13.1 Å². The minimum atomic E-state index is -3.25. The van der Waals surface area contributed by atoms with Crippen molar-refractivity contribution in [2.24, 2.45) is 5.73 Å². The molecule has 6 nitrogen and oxygen atoms in total. The van der Waals surface area contributed by atoms with Crippen molar-refractivity contribution in [3.63, 3.8) is 0 Å². The Balaban J connectivity index is 2.39. The van der Waals surface area contributed by atoms with Gasteiger partial charge in [0.05, 0.1) is 12.2 Å².